The van der Waals surface area contributed by atoms with Gasteiger partial charge in [-0.2, -0.15) is 0 Å². The van der Waals surface area contributed by atoms with Gasteiger partial charge in [0.25, 0.3) is 0 Å². The summed E-state index contributed by atoms with van der Waals surface area (Å²) in [6.07, 6.45) is 0.590. The fourth-order valence-electron chi connectivity index (χ4n) is 1.70. The lowest BCUT2D eigenvalue weighted by Crippen LogP contribution is -2.43. The van der Waals surface area contributed by atoms with E-state index in [0.717, 1.165) is 15.2 Å². The molecule has 1 aromatic heterocycles. The summed E-state index contributed by atoms with van der Waals surface area (Å²) in [5.74, 6) is -1.66. The summed E-state index contributed by atoms with van der Waals surface area (Å²) in [5.41, 5.74) is 0.895. The number of aromatic nitrogens is 1. The van der Waals surface area contributed by atoms with E-state index in [4.69, 9.17) is 10.2 Å². The van der Waals surface area contributed by atoms with E-state index in [-0.39, 0.29) is 6.42 Å². The van der Waals surface area contributed by atoms with Crippen LogP contribution in [-0.2, 0) is 16.0 Å². The van der Waals surface area contributed by atoms with Gasteiger partial charge in [0.05, 0.1) is 21.8 Å². The lowest BCUT2D eigenvalue weighted by Gasteiger charge is -2.10. The first-order valence-electron chi connectivity index (χ1n) is 6.07. The van der Waals surface area contributed by atoms with E-state index in [1.165, 1.54) is 11.3 Å². The van der Waals surface area contributed by atoms with Crippen LogP contribution in [-0.4, -0.2) is 39.7 Å². The van der Waals surface area contributed by atoms with E-state index < -0.39 is 24.5 Å². The first-order chi connectivity index (χ1) is 9.60. The Balaban J connectivity index is 1.91. The molecule has 20 heavy (non-hydrogen) atoms. The number of thiazole rings is 1. The summed E-state index contributed by atoms with van der Waals surface area (Å²) < 4.78 is 1.06. The Morgan fingerprint density at radius 2 is 2.10 bits per heavy atom. The number of amides is 1. The number of para-hydroxylation sites is 1. The molecule has 1 atom stereocenters. The Hall–Kier alpha value is -1.99. The Bertz CT molecular complexity index is 593. The largest absolute Gasteiger partial charge is 0.480 e. The van der Waals surface area contributed by atoms with Gasteiger partial charge in [0, 0.05) is 12.8 Å². The minimum atomic E-state index is -1.25. The number of fused-ring (bicyclic) bond motifs is 1. The smallest absolute Gasteiger partial charge is 0.328 e. The summed E-state index contributed by atoms with van der Waals surface area (Å²) in [6.45, 7) is -0.623. The molecule has 0 aliphatic heterocycles. The SMILES string of the molecule is O=C(CCc1nc2ccccc2s1)N[C@H](CO)C(=O)O. The molecule has 0 aliphatic carbocycles. The molecule has 2 aromatic rings. The molecule has 7 heteroatoms. The van der Waals surface area contributed by atoms with Crippen molar-refractivity contribution < 1.29 is 19.8 Å². The second-order valence-corrected chi connectivity index (χ2v) is 5.33. The summed E-state index contributed by atoms with van der Waals surface area (Å²) in [6, 6.07) is 6.44. The quantitative estimate of drug-likeness (QED) is 0.731. The molecule has 0 aliphatic rings. The highest BCUT2D eigenvalue weighted by atomic mass is 32.1. The number of aliphatic hydroxyl groups excluding tert-OH is 1. The molecule has 0 fully saturated rings. The minimum absolute atomic E-state index is 0.142. The highest BCUT2D eigenvalue weighted by Gasteiger charge is 2.18. The van der Waals surface area contributed by atoms with Crippen molar-refractivity contribution >= 4 is 33.4 Å². The van der Waals surface area contributed by atoms with Gasteiger partial charge in [0.2, 0.25) is 5.91 Å². The molecule has 6 nitrogen and oxygen atoms in total. The van der Waals surface area contributed by atoms with Crippen molar-refractivity contribution in [1.29, 1.82) is 0 Å². The average Bonchev–Trinajstić information content (AvgIpc) is 2.85. The number of carbonyl (C=O) groups excluding carboxylic acids is 1. The summed E-state index contributed by atoms with van der Waals surface area (Å²) in [5, 5.41) is 20.6. The van der Waals surface area contributed by atoms with E-state index in [9.17, 15) is 9.59 Å². The zero-order chi connectivity index (χ0) is 14.5. The third kappa shape index (κ3) is 3.52. The molecular formula is C13H14N2O4S. The van der Waals surface area contributed by atoms with Crippen molar-refractivity contribution in [3.63, 3.8) is 0 Å². The van der Waals surface area contributed by atoms with Crippen LogP contribution < -0.4 is 5.32 Å². The predicted molar refractivity (Wildman–Crippen MR) is 74.6 cm³/mol. The maximum Gasteiger partial charge on any atom is 0.328 e. The van der Waals surface area contributed by atoms with Crippen molar-refractivity contribution in [3.05, 3.63) is 29.3 Å². The third-order valence-corrected chi connectivity index (χ3v) is 3.82. The van der Waals surface area contributed by atoms with Crippen LogP contribution in [0.2, 0.25) is 0 Å². The second kappa shape index (κ2) is 6.44. The maximum absolute atomic E-state index is 11.6. The third-order valence-electron chi connectivity index (χ3n) is 2.72. The van der Waals surface area contributed by atoms with E-state index in [1.54, 1.807) is 0 Å². The molecule has 106 valence electrons. The molecule has 0 unspecified atom stereocenters. The van der Waals surface area contributed by atoms with Gasteiger partial charge in [0.1, 0.15) is 6.04 Å². The monoisotopic (exact) mass is 294 g/mol. The second-order valence-electron chi connectivity index (χ2n) is 4.22. The number of carbonyl (C=O) groups is 2. The Morgan fingerprint density at radius 3 is 2.75 bits per heavy atom. The van der Waals surface area contributed by atoms with Crippen molar-refractivity contribution in [1.82, 2.24) is 10.3 Å². The Labute approximate surface area is 119 Å². The molecule has 1 aromatic carbocycles. The van der Waals surface area contributed by atoms with Crippen molar-refractivity contribution in [3.8, 4) is 0 Å². The molecular weight excluding hydrogens is 280 g/mol. The number of nitrogens with zero attached hydrogens (tertiary/aromatic N) is 1. The number of aliphatic hydroxyl groups is 1. The standard InChI is InChI=1S/C13H14N2O4S/c16-7-9(13(18)19)14-11(17)5-6-12-15-8-3-1-2-4-10(8)20-12/h1-4,9,16H,5-7H2,(H,14,17)(H,18,19)/t9-/m1/s1. The molecule has 1 heterocycles. The number of hydrogen-bond acceptors (Lipinski definition) is 5. The lowest BCUT2D eigenvalue weighted by atomic mass is 10.2. The number of rotatable bonds is 6. The number of carboxylic acid groups (broad SMARTS) is 1. The van der Waals surface area contributed by atoms with Crippen molar-refractivity contribution in [2.24, 2.45) is 0 Å². The van der Waals surface area contributed by atoms with Gasteiger partial charge < -0.3 is 15.5 Å². The van der Waals surface area contributed by atoms with Crippen molar-refractivity contribution in [2.45, 2.75) is 18.9 Å². The fourth-order valence-corrected chi connectivity index (χ4v) is 2.67. The van der Waals surface area contributed by atoms with Gasteiger partial charge in [-0.3, -0.25) is 4.79 Å². The first kappa shape index (κ1) is 14.4. The normalized spacial score (nSPS) is 12.2. The lowest BCUT2D eigenvalue weighted by molar-refractivity contribution is -0.142. The van der Waals surface area contributed by atoms with Gasteiger partial charge in [-0.1, -0.05) is 12.1 Å². The van der Waals surface area contributed by atoms with Crippen LogP contribution in [0.4, 0.5) is 0 Å². The highest BCUT2D eigenvalue weighted by molar-refractivity contribution is 7.18. The number of aliphatic carboxylic acids is 1. The minimum Gasteiger partial charge on any atom is -0.480 e. The number of carboxylic acids is 1. The van der Waals surface area contributed by atoms with E-state index in [1.807, 2.05) is 24.3 Å². The van der Waals surface area contributed by atoms with Crippen molar-refractivity contribution in [2.75, 3.05) is 6.61 Å². The molecule has 0 bridgehead atoms. The molecule has 0 saturated carbocycles. The Morgan fingerprint density at radius 1 is 1.35 bits per heavy atom. The van der Waals surface area contributed by atoms with Gasteiger partial charge in [-0.25, -0.2) is 9.78 Å². The van der Waals surface area contributed by atoms with Crippen LogP contribution >= 0.6 is 11.3 Å². The van der Waals surface area contributed by atoms with Crippen LogP contribution in [0.1, 0.15) is 11.4 Å². The topological polar surface area (TPSA) is 99.5 Å². The summed E-state index contributed by atoms with van der Waals surface area (Å²) >= 11 is 1.51. The van der Waals surface area contributed by atoms with Crippen LogP contribution in [0, 0.1) is 0 Å². The van der Waals surface area contributed by atoms with E-state index >= 15 is 0 Å². The van der Waals surface area contributed by atoms with Gasteiger partial charge >= 0.3 is 5.97 Å². The van der Waals surface area contributed by atoms with E-state index in [2.05, 4.69) is 10.3 Å². The predicted octanol–water partition coefficient (Wildman–Crippen LogP) is 0.791. The van der Waals surface area contributed by atoms with Gasteiger partial charge in [-0.05, 0) is 12.1 Å². The molecule has 3 N–H and O–H groups in total. The molecule has 2 rings (SSSR count). The van der Waals surface area contributed by atoms with Crippen LogP contribution in [0.15, 0.2) is 24.3 Å². The highest BCUT2D eigenvalue weighted by Crippen LogP contribution is 2.22. The maximum atomic E-state index is 11.6. The summed E-state index contributed by atoms with van der Waals surface area (Å²) in [7, 11) is 0. The molecule has 0 saturated heterocycles. The summed E-state index contributed by atoms with van der Waals surface area (Å²) in [4.78, 5) is 26.7. The van der Waals surface area contributed by atoms with E-state index in [0.29, 0.717) is 6.42 Å². The van der Waals surface area contributed by atoms with Crippen LogP contribution in [0.5, 0.6) is 0 Å². The zero-order valence-corrected chi connectivity index (χ0v) is 11.4. The average molecular weight is 294 g/mol. The molecule has 0 spiro atoms. The Kier molecular flexibility index (Phi) is 4.65. The number of nitrogens with one attached hydrogen (secondary N) is 1. The van der Waals surface area contributed by atoms with Gasteiger partial charge in [0.15, 0.2) is 0 Å². The molecule has 0 radical (unpaired) electrons. The van der Waals surface area contributed by atoms with Crippen LogP contribution in [0.3, 0.4) is 0 Å². The number of benzene rings is 1. The van der Waals surface area contributed by atoms with Gasteiger partial charge in [-0.15, -0.1) is 11.3 Å². The van der Waals surface area contributed by atoms with Crippen LogP contribution in [0.25, 0.3) is 10.2 Å². The number of hydrogen-bond donors (Lipinski definition) is 3. The fraction of sp³-hybridized carbons (Fsp3) is 0.308. The molecule has 1 amide bonds. The number of aryl methyl sites for hydroxylation is 1. The zero-order valence-electron chi connectivity index (χ0n) is 10.6. The first-order valence-corrected chi connectivity index (χ1v) is 6.89.